The maximum absolute atomic E-state index is 13.7. The molecule has 0 saturated carbocycles. The van der Waals surface area contributed by atoms with Gasteiger partial charge in [0.05, 0.1) is 0 Å². The Labute approximate surface area is 238 Å². The fraction of sp³-hybridized carbons (Fsp3) is 1.00. The molecule has 0 spiro atoms. The van der Waals surface area contributed by atoms with Crippen molar-refractivity contribution in [1.82, 2.24) is 0 Å². The molecule has 0 bridgehead atoms. The fourth-order valence-electron chi connectivity index (χ4n) is 3.02. The fourth-order valence-corrected chi connectivity index (χ4v) is 3.02. The Balaban J connectivity index is 7.73. The van der Waals surface area contributed by atoms with E-state index in [1.54, 1.807) is 0 Å². The normalized spacial score (nSPS) is 17.7. The van der Waals surface area contributed by atoms with Gasteiger partial charge in [-0.15, -0.1) is 0 Å². The summed E-state index contributed by atoms with van der Waals surface area (Å²) in [6.45, 7) is 0. The summed E-state index contributed by atoms with van der Waals surface area (Å²) in [5, 5.41) is 0. The Morgan fingerprint density at radius 1 is 0.250 bits per heavy atom. The topological polar surface area (TPSA) is 0 Å². The third-order valence-corrected chi connectivity index (χ3v) is 5.78. The van der Waals surface area contributed by atoms with Crippen LogP contribution in [0.25, 0.3) is 0 Å². The lowest BCUT2D eigenvalue weighted by Crippen LogP contribution is -2.80. The molecule has 0 nitrogen and oxygen atoms in total. The van der Waals surface area contributed by atoms with E-state index in [4.69, 9.17) is 0 Å². The average molecular weight is 802 g/mol. The molecule has 1 atom stereocenters. The van der Waals surface area contributed by atoms with Gasteiger partial charge in [0.2, 0.25) is 0 Å². The van der Waals surface area contributed by atoms with Crippen LogP contribution >= 0.6 is 0 Å². The van der Waals surface area contributed by atoms with Crippen LogP contribution in [-0.2, 0) is 0 Å². The summed E-state index contributed by atoms with van der Waals surface area (Å²) in [7, 11) is 0. The Morgan fingerprint density at radius 2 is 0.438 bits per heavy atom. The van der Waals surface area contributed by atoms with E-state index in [-0.39, 0.29) is 0 Å². The first-order chi connectivity index (χ1) is 20.1. The standard InChI is InChI=1S/C16H2F32/c17-2(18)1(4(21,22)23)3(19,20)6(25,26)8(29,30)10(33,34)12(37,38)14(41,42)13(39,40)11(35,36)9(31,32)7(27,28)5(24,15(43,44)45)16(46,47)48/h1-2H. The van der Waals surface area contributed by atoms with E-state index in [0.29, 0.717) is 0 Å². The van der Waals surface area contributed by atoms with Crippen LogP contribution in [0.3, 0.4) is 0 Å². The number of hydrogen-bond donors (Lipinski definition) is 0. The van der Waals surface area contributed by atoms with E-state index in [1.807, 2.05) is 0 Å². The number of rotatable bonds is 12. The van der Waals surface area contributed by atoms with Crippen LogP contribution in [0.5, 0.6) is 0 Å². The van der Waals surface area contributed by atoms with E-state index < -0.39 is 95.8 Å². The molecule has 290 valence electrons. The summed E-state index contributed by atoms with van der Waals surface area (Å²) in [5.41, 5.74) is -9.36. The van der Waals surface area contributed by atoms with Crippen molar-refractivity contribution in [3.8, 4) is 0 Å². The first-order valence-corrected chi connectivity index (χ1v) is 10.0. The first kappa shape index (κ1) is 45.8. The van der Waals surface area contributed by atoms with Gasteiger partial charge in [-0.05, 0) is 0 Å². The summed E-state index contributed by atoms with van der Waals surface area (Å²) >= 11 is 0. The number of alkyl halides is 32. The molecule has 0 heterocycles. The predicted octanol–water partition coefficient (Wildman–Crippen LogP) is 10.6. The molecule has 0 aliphatic carbocycles. The van der Waals surface area contributed by atoms with Gasteiger partial charge in [0, 0.05) is 0 Å². The second-order valence-corrected chi connectivity index (χ2v) is 8.80. The van der Waals surface area contributed by atoms with Crippen LogP contribution in [0.1, 0.15) is 0 Å². The molecule has 48 heavy (non-hydrogen) atoms. The molecule has 0 saturated heterocycles. The van der Waals surface area contributed by atoms with Gasteiger partial charge in [0.15, 0.2) is 5.92 Å². The monoisotopic (exact) mass is 802 g/mol. The second kappa shape index (κ2) is 11.1. The second-order valence-electron chi connectivity index (χ2n) is 8.80. The van der Waals surface area contributed by atoms with Crippen molar-refractivity contribution in [2.24, 2.45) is 5.92 Å². The molecule has 32 heteroatoms. The van der Waals surface area contributed by atoms with Gasteiger partial charge >= 0.3 is 83.4 Å². The lowest BCUT2D eigenvalue weighted by atomic mass is 9.81. The van der Waals surface area contributed by atoms with E-state index in [0.717, 1.165) is 0 Å². The Kier molecular flexibility index (Phi) is 10.6. The summed E-state index contributed by atoms with van der Waals surface area (Å²) in [6, 6.07) is 0. The minimum atomic E-state index is -10.1. The minimum absolute atomic E-state index is 6.22. The minimum Gasteiger partial charge on any atom is -0.216 e. The van der Waals surface area contributed by atoms with Crippen molar-refractivity contribution in [3.05, 3.63) is 0 Å². The molecule has 0 aromatic heterocycles. The lowest BCUT2D eigenvalue weighted by Gasteiger charge is -2.47. The van der Waals surface area contributed by atoms with Crippen molar-refractivity contribution < 1.29 is 140 Å². The van der Waals surface area contributed by atoms with Crippen LogP contribution in [0.15, 0.2) is 0 Å². The third-order valence-electron chi connectivity index (χ3n) is 5.78. The predicted molar refractivity (Wildman–Crippen MR) is 81.0 cm³/mol. The molecular formula is C16H2F32. The molecule has 0 aliphatic heterocycles. The van der Waals surface area contributed by atoms with Gasteiger partial charge in [-0.2, -0.15) is 127 Å². The smallest absolute Gasteiger partial charge is 0.216 e. The van der Waals surface area contributed by atoms with Crippen LogP contribution in [-0.4, -0.2) is 89.8 Å². The maximum Gasteiger partial charge on any atom is 0.438 e. The quantitative estimate of drug-likeness (QED) is 0.173. The van der Waals surface area contributed by atoms with Gasteiger partial charge in [-0.25, -0.2) is 13.2 Å². The summed E-state index contributed by atoms with van der Waals surface area (Å²) in [5.74, 6) is -105. The molecule has 0 amide bonds. The SMILES string of the molecule is FC(F)C(C(F)(F)F)C(F)(F)C(F)(F)C(F)(F)C(F)(F)C(F)(F)C(F)(F)C(F)(F)C(F)(F)C(F)(F)C(F)(F)C(F)(C(F)(F)F)C(F)(F)F. The molecular weight excluding hydrogens is 800 g/mol. The van der Waals surface area contributed by atoms with Crippen molar-refractivity contribution in [2.75, 3.05) is 0 Å². The highest BCUT2D eigenvalue weighted by molar-refractivity contribution is 5.22. The first-order valence-electron chi connectivity index (χ1n) is 10.0. The highest BCUT2D eigenvalue weighted by Crippen LogP contribution is 2.69. The zero-order valence-electron chi connectivity index (χ0n) is 20.2. The van der Waals surface area contributed by atoms with Crippen molar-refractivity contribution in [2.45, 2.75) is 89.8 Å². The Hall–Kier alpha value is -2.24. The van der Waals surface area contributed by atoms with E-state index in [1.165, 1.54) is 0 Å². The Bertz CT molecular complexity index is 1130. The van der Waals surface area contributed by atoms with Gasteiger partial charge in [0.1, 0.15) is 0 Å². The molecule has 1 unspecified atom stereocenters. The van der Waals surface area contributed by atoms with Gasteiger partial charge in [0.25, 0.3) is 6.43 Å². The largest absolute Gasteiger partial charge is 0.438 e. The molecule has 0 aliphatic rings. The highest BCUT2D eigenvalue weighted by Gasteiger charge is 3.01. The molecule has 0 radical (unpaired) electrons. The molecule has 0 aromatic rings. The summed E-state index contributed by atoms with van der Waals surface area (Å²) in [4.78, 5) is 0. The van der Waals surface area contributed by atoms with Crippen LogP contribution in [0.2, 0.25) is 0 Å². The molecule has 0 rings (SSSR count). The van der Waals surface area contributed by atoms with Crippen molar-refractivity contribution in [1.29, 1.82) is 0 Å². The van der Waals surface area contributed by atoms with Gasteiger partial charge in [-0.3, -0.25) is 0 Å². The van der Waals surface area contributed by atoms with Gasteiger partial charge < -0.3 is 0 Å². The van der Waals surface area contributed by atoms with E-state index >= 15 is 0 Å². The van der Waals surface area contributed by atoms with Crippen molar-refractivity contribution in [3.63, 3.8) is 0 Å². The van der Waals surface area contributed by atoms with E-state index in [2.05, 4.69) is 0 Å². The molecule has 0 fully saturated rings. The lowest BCUT2D eigenvalue weighted by molar-refractivity contribution is -0.488. The zero-order valence-corrected chi connectivity index (χ0v) is 20.2. The summed E-state index contributed by atoms with van der Waals surface area (Å²) in [6.07, 6.45) is -31.6. The zero-order chi connectivity index (χ0) is 40.2. The summed E-state index contributed by atoms with van der Waals surface area (Å²) < 4.78 is 422. The average Bonchev–Trinajstić information content (AvgIpc) is 2.79. The number of hydrogen-bond acceptors (Lipinski definition) is 0. The maximum atomic E-state index is 13.7. The third kappa shape index (κ3) is 5.40. The highest BCUT2D eigenvalue weighted by atomic mass is 19.4. The number of halogens is 32. The van der Waals surface area contributed by atoms with Crippen molar-refractivity contribution >= 4 is 0 Å². The molecule has 0 aromatic carbocycles. The van der Waals surface area contributed by atoms with Gasteiger partial charge in [-0.1, -0.05) is 0 Å². The van der Waals surface area contributed by atoms with E-state index in [9.17, 15) is 140 Å². The van der Waals surface area contributed by atoms with Crippen LogP contribution in [0, 0.1) is 5.92 Å². The Morgan fingerprint density at radius 3 is 0.604 bits per heavy atom. The van der Waals surface area contributed by atoms with Crippen LogP contribution < -0.4 is 0 Å². The van der Waals surface area contributed by atoms with Crippen LogP contribution in [0.4, 0.5) is 140 Å². The molecule has 0 N–H and O–H groups in total.